The SMILES string of the molecule is c1ccc(-c2nc(-c3cccc(-c4cc(-c5ccc6ccccc6c5)cc(-c5cccc6ccccc56)c4)c3)cc(-c3cc(-c4ccccn4)cc4c3sc3ccccc34)n2)cc1. The van der Waals surface area contributed by atoms with Gasteiger partial charge in [-0.05, 0) is 122 Å². The van der Waals surface area contributed by atoms with E-state index in [1.807, 2.05) is 47.9 Å². The van der Waals surface area contributed by atoms with Crippen LogP contribution in [0.2, 0.25) is 0 Å². The molecule has 0 saturated heterocycles. The number of rotatable bonds is 7. The van der Waals surface area contributed by atoms with E-state index in [0.29, 0.717) is 5.82 Å². The average Bonchev–Trinajstić information content (AvgIpc) is 3.75. The predicted octanol–water partition coefficient (Wildman–Crippen LogP) is 16.2. The van der Waals surface area contributed by atoms with Gasteiger partial charge in [0.05, 0.1) is 17.1 Å². The maximum atomic E-state index is 5.35. The summed E-state index contributed by atoms with van der Waals surface area (Å²) >= 11 is 1.81. The smallest absolute Gasteiger partial charge is 0.160 e. The molecule has 0 aliphatic heterocycles. The van der Waals surface area contributed by atoms with Crippen molar-refractivity contribution in [2.45, 2.75) is 0 Å². The molecule has 0 aliphatic carbocycles. The van der Waals surface area contributed by atoms with Crippen molar-refractivity contribution in [3.63, 3.8) is 0 Å². The van der Waals surface area contributed by atoms with Crippen LogP contribution < -0.4 is 0 Å². The van der Waals surface area contributed by atoms with E-state index in [1.54, 1.807) is 0 Å². The van der Waals surface area contributed by atoms with E-state index in [4.69, 9.17) is 15.0 Å². The maximum absolute atomic E-state index is 5.35. The van der Waals surface area contributed by atoms with Gasteiger partial charge in [0.25, 0.3) is 0 Å². The molecule has 0 unspecified atom stereocenters. The molecule has 63 heavy (non-hydrogen) atoms. The average molecular weight is 820 g/mol. The van der Waals surface area contributed by atoms with Crippen molar-refractivity contribution in [3.8, 4) is 78.5 Å². The first-order valence-electron chi connectivity index (χ1n) is 21.2. The monoisotopic (exact) mass is 819 g/mol. The number of benzene rings is 9. The van der Waals surface area contributed by atoms with Crippen LogP contribution in [0.25, 0.3) is 120 Å². The van der Waals surface area contributed by atoms with Gasteiger partial charge in [-0.25, -0.2) is 9.97 Å². The van der Waals surface area contributed by atoms with Crippen LogP contribution in [0.15, 0.2) is 225 Å². The lowest BCUT2D eigenvalue weighted by Crippen LogP contribution is -1.97. The summed E-state index contributed by atoms with van der Waals surface area (Å²) in [6, 6.07) is 78.2. The van der Waals surface area contributed by atoms with Gasteiger partial charge in [0.15, 0.2) is 5.82 Å². The molecule has 4 heteroatoms. The molecule has 294 valence electrons. The maximum Gasteiger partial charge on any atom is 0.160 e. The lowest BCUT2D eigenvalue weighted by atomic mass is 9.90. The first-order valence-corrected chi connectivity index (χ1v) is 22.0. The number of aromatic nitrogens is 3. The molecule has 9 aromatic carbocycles. The van der Waals surface area contributed by atoms with Crippen LogP contribution in [0, 0.1) is 0 Å². The minimum absolute atomic E-state index is 0.683. The van der Waals surface area contributed by atoms with Gasteiger partial charge in [-0.15, -0.1) is 11.3 Å². The Morgan fingerprint density at radius 3 is 1.81 bits per heavy atom. The van der Waals surface area contributed by atoms with E-state index in [1.165, 1.54) is 64.0 Å². The number of hydrogen-bond donors (Lipinski definition) is 0. The zero-order chi connectivity index (χ0) is 41.7. The van der Waals surface area contributed by atoms with Crippen molar-refractivity contribution in [3.05, 3.63) is 225 Å². The van der Waals surface area contributed by atoms with E-state index in [0.717, 1.165) is 50.5 Å². The highest BCUT2D eigenvalue weighted by atomic mass is 32.1. The van der Waals surface area contributed by atoms with Crippen molar-refractivity contribution < 1.29 is 0 Å². The lowest BCUT2D eigenvalue weighted by molar-refractivity contribution is 1.19. The summed E-state index contributed by atoms with van der Waals surface area (Å²) in [7, 11) is 0. The summed E-state index contributed by atoms with van der Waals surface area (Å²) < 4.78 is 2.44. The Morgan fingerprint density at radius 2 is 0.952 bits per heavy atom. The molecule has 0 N–H and O–H groups in total. The minimum Gasteiger partial charge on any atom is -0.256 e. The van der Waals surface area contributed by atoms with Crippen molar-refractivity contribution in [1.82, 2.24) is 15.0 Å². The Balaban J connectivity index is 1.05. The fourth-order valence-corrected chi connectivity index (χ4v) is 10.2. The minimum atomic E-state index is 0.683. The Hall–Kier alpha value is -8.05. The van der Waals surface area contributed by atoms with Crippen LogP contribution in [0.1, 0.15) is 0 Å². The summed E-state index contributed by atoms with van der Waals surface area (Å²) in [6.07, 6.45) is 1.86. The van der Waals surface area contributed by atoms with Gasteiger partial charge in [-0.2, -0.15) is 0 Å². The molecule has 0 radical (unpaired) electrons. The van der Waals surface area contributed by atoms with Crippen LogP contribution in [0.4, 0.5) is 0 Å². The molecule has 0 aliphatic rings. The fraction of sp³-hybridized carbons (Fsp3) is 0. The van der Waals surface area contributed by atoms with Crippen LogP contribution in [-0.4, -0.2) is 15.0 Å². The highest BCUT2D eigenvalue weighted by Gasteiger charge is 2.19. The normalized spacial score (nSPS) is 11.5. The second-order valence-corrected chi connectivity index (χ2v) is 17.1. The second kappa shape index (κ2) is 15.4. The highest BCUT2D eigenvalue weighted by Crippen LogP contribution is 2.44. The van der Waals surface area contributed by atoms with Gasteiger partial charge in [0.1, 0.15) is 0 Å². The van der Waals surface area contributed by atoms with Crippen molar-refractivity contribution in [2.24, 2.45) is 0 Å². The number of fused-ring (bicyclic) bond motifs is 5. The molecule has 0 saturated carbocycles. The standard InChI is InChI=1S/C59H37N3S/c1-2-16-40(17-3-1)59-61-55(37-56(62-59)53-36-48(54-25-10-11-29-60-54)35-52-51-23-8-9-26-57(51)63-58(52)53)44-21-12-20-42(31-44)45-32-46(43-28-27-38-14-4-5-18-41(38)30-43)34-47(33-45)50-24-13-19-39-15-6-7-22-49(39)50/h1-37H. The van der Waals surface area contributed by atoms with Crippen LogP contribution >= 0.6 is 11.3 Å². The van der Waals surface area contributed by atoms with E-state index in [2.05, 4.69) is 188 Å². The van der Waals surface area contributed by atoms with E-state index < -0.39 is 0 Å². The number of nitrogens with zero attached hydrogens (tertiary/aromatic N) is 3. The summed E-state index contributed by atoms with van der Waals surface area (Å²) in [6.45, 7) is 0. The summed E-state index contributed by atoms with van der Waals surface area (Å²) in [5.41, 5.74) is 13.7. The molecular weight excluding hydrogens is 783 g/mol. The van der Waals surface area contributed by atoms with E-state index >= 15 is 0 Å². The number of hydrogen-bond acceptors (Lipinski definition) is 4. The van der Waals surface area contributed by atoms with Gasteiger partial charge in [-0.3, -0.25) is 4.98 Å². The van der Waals surface area contributed by atoms with Gasteiger partial charge in [-0.1, -0.05) is 152 Å². The molecule has 0 spiro atoms. The summed E-state index contributed by atoms with van der Waals surface area (Å²) in [5.74, 6) is 0.683. The Bertz CT molecular complexity index is 3680. The van der Waals surface area contributed by atoms with Crippen molar-refractivity contribution in [1.29, 1.82) is 0 Å². The van der Waals surface area contributed by atoms with Gasteiger partial charge in [0.2, 0.25) is 0 Å². The topological polar surface area (TPSA) is 38.7 Å². The van der Waals surface area contributed by atoms with Crippen molar-refractivity contribution in [2.75, 3.05) is 0 Å². The first kappa shape index (κ1) is 36.8. The van der Waals surface area contributed by atoms with Crippen LogP contribution in [-0.2, 0) is 0 Å². The molecule has 0 bridgehead atoms. The third kappa shape index (κ3) is 6.84. The van der Waals surface area contributed by atoms with E-state index in [9.17, 15) is 0 Å². The quantitative estimate of drug-likeness (QED) is 0.161. The molecule has 0 amide bonds. The Labute approximate surface area is 369 Å². The Morgan fingerprint density at radius 1 is 0.302 bits per heavy atom. The van der Waals surface area contributed by atoms with Crippen LogP contribution in [0.5, 0.6) is 0 Å². The summed E-state index contributed by atoms with van der Waals surface area (Å²) in [5, 5.41) is 7.34. The Kier molecular flexibility index (Phi) is 9.02. The molecule has 3 heterocycles. The molecule has 0 fully saturated rings. The second-order valence-electron chi connectivity index (χ2n) is 16.0. The summed E-state index contributed by atoms with van der Waals surface area (Å²) in [4.78, 5) is 15.4. The lowest BCUT2D eigenvalue weighted by Gasteiger charge is -2.15. The van der Waals surface area contributed by atoms with Crippen molar-refractivity contribution >= 4 is 53.1 Å². The third-order valence-corrected chi connectivity index (χ3v) is 13.3. The molecule has 3 aromatic heterocycles. The fourth-order valence-electron chi connectivity index (χ4n) is 8.97. The van der Waals surface area contributed by atoms with E-state index in [-0.39, 0.29) is 0 Å². The number of pyridine rings is 1. The van der Waals surface area contributed by atoms with Gasteiger partial charge >= 0.3 is 0 Å². The molecule has 0 atom stereocenters. The molecule has 12 rings (SSSR count). The zero-order valence-electron chi connectivity index (χ0n) is 34.1. The molecular formula is C59H37N3S. The third-order valence-electron chi connectivity index (χ3n) is 12.1. The first-order chi connectivity index (χ1) is 31.2. The predicted molar refractivity (Wildman–Crippen MR) is 266 cm³/mol. The van der Waals surface area contributed by atoms with Crippen LogP contribution in [0.3, 0.4) is 0 Å². The van der Waals surface area contributed by atoms with Gasteiger partial charge < -0.3 is 0 Å². The number of thiophene rings is 1. The zero-order valence-corrected chi connectivity index (χ0v) is 34.9. The molecule has 3 nitrogen and oxygen atoms in total. The largest absolute Gasteiger partial charge is 0.256 e. The highest BCUT2D eigenvalue weighted by molar-refractivity contribution is 7.26. The van der Waals surface area contributed by atoms with Gasteiger partial charge in [0, 0.05) is 48.6 Å². The molecule has 12 aromatic rings.